The number of hydrogen-bond donors (Lipinski definition) is 2. The summed E-state index contributed by atoms with van der Waals surface area (Å²) in [5, 5.41) is 3.14. The first-order valence-corrected chi connectivity index (χ1v) is 6.53. The van der Waals surface area contributed by atoms with E-state index in [0.717, 1.165) is 18.8 Å². The number of ether oxygens (including phenoxy) is 1. The summed E-state index contributed by atoms with van der Waals surface area (Å²) in [5.74, 6) is 0.843. The van der Waals surface area contributed by atoms with Crippen molar-refractivity contribution in [3.63, 3.8) is 0 Å². The van der Waals surface area contributed by atoms with Crippen molar-refractivity contribution in [1.29, 1.82) is 0 Å². The molecule has 1 saturated carbocycles. The van der Waals surface area contributed by atoms with Gasteiger partial charge in [0.25, 0.3) is 0 Å². The number of hydrogen-bond acceptors (Lipinski definition) is 3. The number of amides is 1. The summed E-state index contributed by atoms with van der Waals surface area (Å²) < 4.78 is 5.12. The molecule has 1 aliphatic carbocycles. The Labute approximate surface area is 104 Å². The molecule has 1 aliphatic rings. The van der Waals surface area contributed by atoms with Gasteiger partial charge in [0.05, 0.1) is 12.5 Å². The van der Waals surface area contributed by atoms with Gasteiger partial charge in [-0.3, -0.25) is 4.79 Å². The Morgan fingerprint density at radius 1 is 1.53 bits per heavy atom. The van der Waals surface area contributed by atoms with E-state index in [4.69, 9.17) is 10.5 Å². The van der Waals surface area contributed by atoms with Crippen LogP contribution in [-0.4, -0.2) is 31.2 Å². The quantitative estimate of drug-likeness (QED) is 0.766. The van der Waals surface area contributed by atoms with Crippen molar-refractivity contribution in [3.8, 4) is 0 Å². The van der Waals surface area contributed by atoms with Crippen LogP contribution in [0.2, 0.25) is 0 Å². The van der Waals surface area contributed by atoms with Crippen molar-refractivity contribution in [2.45, 2.75) is 57.6 Å². The molecule has 0 spiro atoms. The highest BCUT2D eigenvalue weighted by atomic mass is 16.5. The third-order valence-corrected chi connectivity index (χ3v) is 3.83. The molecule has 0 radical (unpaired) electrons. The number of nitrogens with one attached hydrogen (secondary N) is 1. The summed E-state index contributed by atoms with van der Waals surface area (Å²) in [6, 6.07) is 0. The third-order valence-electron chi connectivity index (χ3n) is 3.83. The van der Waals surface area contributed by atoms with Crippen LogP contribution < -0.4 is 11.1 Å². The van der Waals surface area contributed by atoms with Gasteiger partial charge in [-0.05, 0) is 38.5 Å². The van der Waals surface area contributed by atoms with Gasteiger partial charge in [0.15, 0.2) is 0 Å². The van der Waals surface area contributed by atoms with Crippen molar-refractivity contribution in [2.24, 2.45) is 11.7 Å². The molecule has 0 aliphatic heterocycles. The molecule has 1 rings (SSSR count). The number of carbonyl (C=O) groups excluding carboxylic acids is 1. The molecule has 1 fully saturated rings. The van der Waals surface area contributed by atoms with Crippen LogP contribution in [0.1, 0.15) is 46.0 Å². The van der Waals surface area contributed by atoms with Gasteiger partial charge in [-0.25, -0.2) is 0 Å². The number of rotatable bonds is 5. The summed E-state index contributed by atoms with van der Waals surface area (Å²) in [4.78, 5) is 11.9. The standard InChI is InChI=1S/C13H26N2O2/c1-10-4-6-13(2,7-5-10)15-12(16)8-11(9-14)17-3/h10-11H,4-9,14H2,1-3H3,(H,15,16). The van der Waals surface area contributed by atoms with Crippen LogP contribution in [-0.2, 0) is 9.53 Å². The van der Waals surface area contributed by atoms with Gasteiger partial charge in [-0.1, -0.05) is 6.92 Å². The monoisotopic (exact) mass is 242 g/mol. The molecule has 1 amide bonds. The Morgan fingerprint density at radius 3 is 2.59 bits per heavy atom. The fraction of sp³-hybridized carbons (Fsp3) is 0.923. The highest BCUT2D eigenvalue weighted by molar-refractivity contribution is 5.77. The van der Waals surface area contributed by atoms with Gasteiger partial charge in [0, 0.05) is 19.2 Å². The molecule has 4 heteroatoms. The van der Waals surface area contributed by atoms with Crippen LogP contribution in [0.4, 0.5) is 0 Å². The maximum atomic E-state index is 11.9. The third kappa shape index (κ3) is 4.64. The molecular formula is C13H26N2O2. The fourth-order valence-corrected chi connectivity index (χ4v) is 2.38. The molecular weight excluding hydrogens is 216 g/mol. The van der Waals surface area contributed by atoms with Crippen LogP contribution in [0, 0.1) is 5.92 Å². The van der Waals surface area contributed by atoms with Crippen molar-refractivity contribution in [3.05, 3.63) is 0 Å². The van der Waals surface area contributed by atoms with E-state index in [1.807, 2.05) is 0 Å². The van der Waals surface area contributed by atoms with Gasteiger partial charge in [-0.15, -0.1) is 0 Å². The Hall–Kier alpha value is -0.610. The normalized spacial score (nSPS) is 30.9. The van der Waals surface area contributed by atoms with E-state index in [1.54, 1.807) is 7.11 Å². The summed E-state index contributed by atoms with van der Waals surface area (Å²) in [6.45, 7) is 4.80. The molecule has 0 aromatic heterocycles. The van der Waals surface area contributed by atoms with Crippen LogP contribution >= 0.6 is 0 Å². The number of nitrogens with two attached hydrogens (primary N) is 1. The van der Waals surface area contributed by atoms with Crippen LogP contribution in [0.3, 0.4) is 0 Å². The minimum atomic E-state index is -0.166. The molecule has 0 aromatic rings. The summed E-state index contributed by atoms with van der Waals surface area (Å²) in [5.41, 5.74) is 5.48. The zero-order valence-corrected chi connectivity index (χ0v) is 11.3. The Kier molecular flexibility index (Phi) is 5.40. The smallest absolute Gasteiger partial charge is 0.223 e. The molecule has 0 aromatic carbocycles. The van der Waals surface area contributed by atoms with Crippen molar-refractivity contribution in [2.75, 3.05) is 13.7 Å². The lowest BCUT2D eigenvalue weighted by Gasteiger charge is -2.37. The summed E-state index contributed by atoms with van der Waals surface area (Å²) in [7, 11) is 1.59. The Bertz CT molecular complexity index is 244. The van der Waals surface area contributed by atoms with Gasteiger partial charge < -0.3 is 15.8 Å². The molecule has 100 valence electrons. The lowest BCUT2D eigenvalue weighted by molar-refractivity contribution is -0.125. The molecule has 4 nitrogen and oxygen atoms in total. The number of methoxy groups -OCH3 is 1. The lowest BCUT2D eigenvalue weighted by Crippen LogP contribution is -2.49. The van der Waals surface area contributed by atoms with Crippen LogP contribution in [0.25, 0.3) is 0 Å². The average molecular weight is 242 g/mol. The highest BCUT2D eigenvalue weighted by Crippen LogP contribution is 2.31. The van der Waals surface area contributed by atoms with E-state index in [2.05, 4.69) is 19.2 Å². The van der Waals surface area contributed by atoms with E-state index in [-0.39, 0.29) is 17.6 Å². The first kappa shape index (κ1) is 14.5. The van der Waals surface area contributed by atoms with E-state index in [9.17, 15) is 4.79 Å². The SMILES string of the molecule is COC(CN)CC(=O)NC1(C)CCC(C)CC1. The molecule has 0 bridgehead atoms. The first-order chi connectivity index (χ1) is 7.99. The lowest BCUT2D eigenvalue weighted by atomic mass is 9.78. The second kappa shape index (κ2) is 6.36. The molecule has 1 atom stereocenters. The van der Waals surface area contributed by atoms with E-state index in [1.165, 1.54) is 12.8 Å². The highest BCUT2D eigenvalue weighted by Gasteiger charge is 2.31. The van der Waals surface area contributed by atoms with E-state index in [0.29, 0.717) is 13.0 Å². The zero-order valence-electron chi connectivity index (χ0n) is 11.3. The van der Waals surface area contributed by atoms with Gasteiger partial charge in [0.1, 0.15) is 0 Å². The largest absolute Gasteiger partial charge is 0.380 e. The fourth-order valence-electron chi connectivity index (χ4n) is 2.38. The molecule has 3 N–H and O–H groups in total. The average Bonchev–Trinajstić information content (AvgIpc) is 2.30. The first-order valence-electron chi connectivity index (χ1n) is 6.53. The molecule has 0 saturated heterocycles. The number of carbonyl (C=O) groups is 1. The van der Waals surface area contributed by atoms with Gasteiger partial charge in [0.2, 0.25) is 5.91 Å². The summed E-state index contributed by atoms with van der Waals surface area (Å²) in [6.07, 6.45) is 4.72. The second-order valence-corrected chi connectivity index (χ2v) is 5.59. The van der Waals surface area contributed by atoms with Crippen molar-refractivity contribution in [1.82, 2.24) is 5.32 Å². The Morgan fingerprint density at radius 2 is 2.12 bits per heavy atom. The van der Waals surface area contributed by atoms with Gasteiger partial charge in [-0.2, -0.15) is 0 Å². The van der Waals surface area contributed by atoms with Crippen molar-refractivity contribution < 1.29 is 9.53 Å². The maximum Gasteiger partial charge on any atom is 0.223 e. The predicted molar refractivity (Wildman–Crippen MR) is 68.6 cm³/mol. The summed E-state index contributed by atoms with van der Waals surface area (Å²) >= 11 is 0. The van der Waals surface area contributed by atoms with Crippen molar-refractivity contribution >= 4 is 5.91 Å². The van der Waals surface area contributed by atoms with E-state index < -0.39 is 0 Å². The minimum absolute atomic E-state index is 0.0313. The molecule has 17 heavy (non-hydrogen) atoms. The molecule has 0 heterocycles. The second-order valence-electron chi connectivity index (χ2n) is 5.59. The van der Waals surface area contributed by atoms with Gasteiger partial charge >= 0.3 is 0 Å². The van der Waals surface area contributed by atoms with Crippen LogP contribution in [0.5, 0.6) is 0 Å². The van der Waals surface area contributed by atoms with Crippen LogP contribution in [0.15, 0.2) is 0 Å². The minimum Gasteiger partial charge on any atom is -0.380 e. The molecule has 1 unspecified atom stereocenters. The maximum absolute atomic E-state index is 11.9. The topological polar surface area (TPSA) is 64.3 Å². The predicted octanol–water partition coefficient (Wildman–Crippen LogP) is 1.44. The zero-order chi connectivity index (χ0) is 12.9. The van der Waals surface area contributed by atoms with E-state index >= 15 is 0 Å². The Balaban J connectivity index is 2.39.